The highest BCUT2D eigenvalue weighted by Crippen LogP contribution is 2.37. The largest absolute Gasteiger partial charge is 0.497 e. The molecule has 2 aliphatic heterocycles. The Hall–Kier alpha value is -2.43. The predicted molar refractivity (Wildman–Crippen MR) is 147 cm³/mol. The highest BCUT2D eigenvalue weighted by Gasteiger charge is 2.38. The van der Waals surface area contributed by atoms with Crippen LogP contribution in [-0.4, -0.2) is 54.4 Å². The lowest BCUT2D eigenvalue weighted by Gasteiger charge is -2.34. The van der Waals surface area contributed by atoms with E-state index in [1.54, 1.807) is 7.11 Å². The molecule has 3 fully saturated rings. The van der Waals surface area contributed by atoms with E-state index in [1.165, 1.54) is 56.1 Å². The van der Waals surface area contributed by atoms with Crippen molar-refractivity contribution >= 4 is 5.78 Å². The number of nitrogens with zero attached hydrogens (tertiary/aromatic N) is 2. The number of methoxy groups -OCH3 is 1. The summed E-state index contributed by atoms with van der Waals surface area (Å²) in [5.74, 6) is 1.43. The molecule has 2 bridgehead atoms. The molecule has 5 rings (SSSR count). The number of rotatable bonds is 8. The summed E-state index contributed by atoms with van der Waals surface area (Å²) in [6, 6.07) is 18.5. The van der Waals surface area contributed by atoms with E-state index in [4.69, 9.17) is 4.74 Å². The van der Waals surface area contributed by atoms with Gasteiger partial charge in [0.15, 0.2) is 5.78 Å². The lowest BCUT2D eigenvalue weighted by molar-refractivity contribution is 0.0908. The molecule has 0 aromatic heterocycles. The molecule has 4 heteroatoms. The summed E-state index contributed by atoms with van der Waals surface area (Å²) in [5.41, 5.74) is 3.39. The van der Waals surface area contributed by atoms with Crippen molar-refractivity contribution in [2.45, 2.75) is 75.9 Å². The highest BCUT2D eigenvalue weighted by atomic mass is 16.5. The van der Waals surface area contributed by atoms with E-state index < -0.39 is 0 Å². The van der Waals surface area contributed by atoms with Crippen LogP contribution in [0.25, 0.3) is 0 Å². The fourth-order valence-electron chi connectivity index (χ4n) is 6.91. The molecule has 0 radical (unpaired) electrons. The highest BCUT2D eigenvalue weighted by molar-refractivity contribution is 5.97. The van der Waals surface area contributed by atoms with Crippen molar-refractivity contribution in [3.63, 3.8) is 0 Å². The Morgan fingerprint density at radius 2 is 1.72 bits per heavy atom. The molecule has 4 nitrogen and oxygen atoms in total. The van der Waals surface area contributed by atoms with Crippen molar-refractivity contribution in [1.82, 2.24) is 9.80 Å². The number of likely N-dealkylation sites (tertiary alicyclic amines) is 1. The predicted octanol–water partition coefficient (Wildman–Crippen LogP) is 6.66. The van der Waals surface area contributed by atoms with Gasteiger partial charge in [-0.05, 0) is 55.4 Å². The molecular weight excluding hydrogens is 444 g/mol. The second-order valence-electron chi connectivity index (χ2n) is 11.0. The smallest absolute Gasteiger partial charge is 0.165 e. The molecule has 192 valence electrons. The van der Waals surface area contributed by atoms with Gasteiger partial charge in [0, 0.05) is 43.2 Å². The van der Waals surface area contributed by atoms with Crippen LogP contribution >= 0.6 is 0 Å². The van der Waals surface area contributed by atoms with Gasteiger partial charge in [-0.2, -0.15) is 0 Å². The molecule has 2 aromatic rings. The van der Waals surface area contributed by atoms with Crippen LogP contribution in [0.4, 0.5) is 0 Å². The molecule has 36 heavy (non-hydrogen) atoms. The summed E-state index contributed by atoms with van der Waals surface area (Å²) in [4.78, 5) is 18.6. The van der Waals surface area contributed by atoms with Crippen LogP contribution in [0.5, 0.6) is 5.75 Å². The first-order chi connectivity index (χ1) is 17.7. The van der Waals surface area contributed by atoms with Crippen molar-refractivity contribution in [2.24, 2.45) is 5.92 Å². The van der Waals surface area contributed by atoms with Gasteiger partial charge < -0.3 is 4.74 Å². The SMILES string of the molecule is C=CCN1C2CCC1CN(C(c1ccc(C(=O)C3CCCCCC3)cc1)c1cccc(OC)c1)CC2. The number of ether oxygens (including phenoxy) is 1. The maximum absolute atomic E-state index is 13.3. The first kappa shape index (κ1) is 25.2. The summed E-state index contributed by atoms with van der Waals surface area (Å²) >= 11 is 0. The Kier molecular flexibility index (Phi) is 8.23. The second-order valence-corrected chi connectivity index (χ2v) is 11.0. The Morgan fingerprint density at radius 3 is 2.44 bits per heavy atom. The van der Waals surface area contributed by atoms with Crippen LogP contribution in [0.2, 0.25) is 0 Å². The summed E-state index contributed by atoms with van der Waals surface area (Å²) < 4.78 is 5.60. The zero-order valence-electron chi connectivity index (χ0n) is 21.9. The molecule has 2 aromatic carbocycles. The van der Waals surface area contributed by atoms with Crippen LogP contribution in [-0.2, 0) is 0 Å². The average Bonchev–Trinajstić information content (AvgIpc) is 3.06. The minimum Gasteiger partial charge on any atom is -0.497 e. The van der Waals surface area contributed by atoms with Crippen molar-refractivity contribution in [3.05, 3.63) is 77.9 Å². The molecular formula is C32H42N2O2. The fraction of sp³-hybridized carbons (Fsp3) is 0.531. The Bertz CT molecular complexity index is 1020. The van der Waals surface area contributed by atoms with E-state index in [1.807, 2.05) is 6.07 Å². The number of carbonyl (C=O) groups is 1. The summed E-state index contributed by atoms with van der Waals surface area (Å²) in [6.07, 6.45) is 12.8. The van der Waals surface area contributed by atoms with Crippen LogP contribution in [0, 0.1) is 5.92 Å². The molecule has 3 unspecified atom stereocenters. The van der Waals surface area contributed by atoms with Gasteiger partial charge in [-0.25, -0.2) is 0 Å². The maximum atomic E-state index is 13.3. The summed E-state index contributed by atoms with van der Waals surface area (Å²) in [7, 11) is 1.74. The standard InChI is InChI=1S/C32H42N2O2/c1-3-20-34-28-17-18-29(34)23-33(21-19-28)31(27-11-8-12-30(22-27)36-2)24-13-15-26(16-14-24)32(35)25-9-6-4-5-7-10-25/h3,8,11-16,22,25,28-29,31H,1,4-7,9-10,17-21,23H2,2H3. The normalized spacial score (nSPS) is 24.6. The lowest BCUT2D eigenvalue weighted by Crippen LogP contribution is -2.40. The Labute approximate surface area is 217 Å². The molecule has 0 spiro atoms. The number of benzene rings is 2. The number of carbonyl (C=O) groups excluding carboxylic acids is 1. The first-order valence-corrected chi connectivity index (χ1v) is 14.1. The van der Waals surface area contributed by atoms with Gasteiger partial charge in [0.05, 0.1) is 13.2 Å². The van der Waals surface area contributed by atoms with Gasteiger partial charge in [0.2, 0.25) is 0 Å². The summed E-state index contributed by atoms with van der Waals surface area (Å²) in [6.45, 7) is 7.11. The molecule has 2 saturated heterocycles. The maximum Gasteiger partial charge on any atom is 0.165 e. The first-order valence-electron chi connectivity index (χ1n) is 14.1. The molecule has 3 aliphatic rings. The van der Waals surface area contributed by atoms with E-state index in [-0.39, 0.29) is 12.0 Å². The third kappa shape index (κ3) is 5.45. The molecule has 0 amide bonds. The Morgan fingerprint density at radius 1 is 0.972 bits per heavy atom. The van der Waals surface area contributed by atoms with Gasteiger partial charge in [-0.3, -0.25) is 14.6 Å². The van der Waals surface area contributed by atoms with Gasteiger partial charge in [0.25, 0.3) is 0 Å². The van der Waals surface area contributed by atoms with Gasteiger partial charge in [-0.15, -0.1) is 6.58 Å². The van der Waals surface area contributed by atoms with Crippen LogP contribution in [0.3, 0.4) is 0 Å². The van der Waals surface area contributed by atoms with E-state index in [0.717, 1.165) is 43.8 Å². The van der Waals surface area contributed by atoms with Crippen LogP contribution < -0.4 is 4.74 Å². The topological polar surface area (TPSA) is 32.8 Å². The minimum absolute atomic E-state index is 0.145. The van der Waals surface area contributed by atoms with Crippen LogP contribution in [0.15, 0.2) is 61.2 Å². The number of ketones is 1. The molecule has 0 N–H and O–H groups in total. The average molecular weight is 487 g/mol. The van der Waals surface area contributed by atoms with E-state index in [0.29, 0.717) is 17.9 Å². The molecule has 3 atom stereocenters. The number of fused-ring (bicyclic) bond motifs is 2. The van der Waals surface area contributed by atoms with Gasteiger partial charge >= 0.3 is 0 Å². The van der Waals surface area contributed by atoms with E-state index >= 15 is 0 Å². The number of hydrogen-bond acceptors (Lipinski definition) is 4. The quantitative estimate of drug-likeness (QED) is 0.237. The molecule has 1 aliphatic carbocycles. The van der Waals surface area contributed by atoms with Crippen molar-refractivity contribution in [3.8, 4) is 5.75 Å². The third-order valence-electron chi connectivity index (χ3n) is 8.82. The van der Waals surface area contributed by atoms with Gasteiger partial charge in [0.1, 0.15) is 5.75 Å². The number of Topliss-reactive ketones (excluding diaryl/α,β-unsaturated/α-hetero) is 1. The fourth-order valence-corrected chi connectivity index (χ4v) is 6.91. The lowest BCUT2D eigenvalue weighted by atomic mass is 9.89. The van der Waals surface area contributed by atoms with E-state index in [2.05, 4.69) is 64.9 Å². The van der Waals surface area contributed by atoms with Crippen molar-refractivity contribution in [1.29, 1.82) is 0 Å². The monoisotopic (exact) mass is 486 g/mol. The van der Waals surface area contributed by atoms with Crippen molar-refractivity contribution in [2.75, 3.05) is 26.7 Å². The Balaban J connectivity index is 1.43. The zero-order valence-corrected chi connectivity index (χ0v) is 21.9. The third-order valence-corrected chi connectivity index (χ3v) is 8.82. The van der Waals surface area contributed by atoms with Crippen LogP contribution in [0.1, 0.15) is 85.3 Å². The number of hydrogen-bond donors (Lipinski definition) is 0. The second kappa shape index (κ2) is 11.7. The minimum atomic E-state index is 0.145. The van der Waals surface area contributed by atoms with E-state index in [9.17, 15) is 4.79 Å². The molecule has 2 heterocycles. The van der Waals surface area contributed by atoms with Crippen molar-refractivity contribution < 1.29 is 9.53 Å². The van der Waals surface area contributed by atoms with Gasteiger partial charge in [-0.1, -0.05) is 68.2 Å². The molecule has 1 saturated carbocycles. The zero-order chi connectivity index (χ0) is 24.9. The summed E-state index contributed by atoms with van der Waals surface area (Å²) in [5, 5.41) is 0.